The number of benzene rings is 3. The highest BCUT2D eigenvalue weighted by Crippen LogP contribution is 2.15. The van der Waals surface area contributed by atoms with E-state index in [-0.39, 0.29) is 11.6 Å². The van der Waals surface area contributed by atoms with E-state index >= 15 is 0 Å². The van der Waals surface area contributed by atoms with Crippen molar-refractivity contribution in [2.24, 2.45) is 0 Å². The summed E-state index contributed by atoms with van der Waals surface area (Å²) < 4.78 is 0. The molecule has 0 N–H and O–H groups in total. The van der Waals surface area contributed by atoms with E-state index in [0.717, 1.165) is 62.5 Å². The van der Waals surface area contributed by atoms with Gasteiger partial charge in [-0.25, -0.2) is 0 Å². The molecule has 0 heterocycles. The monoisotopic (exact) mass is 498 g/mol. The van der Waals surface area contributed by atoms with Crippen LogP contribution in [0.1, 0.15) is 116 Å². The molecule has 0 radical (unpaired) electrons. The fourth-order valence-corrected chi connectivity index (χ4v) is 4.17. The Balaban J connectivity index is 0.00000112. The number of carbonyl (C=O) groups is 2. The van der Waals surface area contributed by atoms with Crippen LogP contribution in [0.5, 0.6) is 0 Å². The molecule has 2 heteroatoms. The van der Waals surface area contributed by atoms with E-state index in [9.17, 15) is 9.59 Å². The Morgan fingerprint density at radius 3 is 1.27 bits per heavy atom. The van der Waals surface area contributed by atoms with E-state index < -0.39 is 0 Å². The SMILES string of the molecule is CCCC.CCCc1ccc(C(=O)CCCCc2ccc(C(=O)CCCCc3ccccc3)cc2)cc1. The zero-order valence-corrected chi connectivity index (χ0v) is 23.3. The smallest absolute Gasteiger partial charge is 0.162 e. The van der Waals surface area contributed by atoms with Gasteiger partial charge in [-0.3, -0.25) is 9.59 Å². The molecule has 0 aliphatic carbocycles. The van der Waals surface area contributed by atoms with Crippen molar-refractivity contribution >= 4 is 11.6 Å². The molecule has 0 unspecified atom stereocenters. The van der Waals surface area contributed by atoms with Crippen molar-refractivity contribution in [3.8, 4) is 0 Å². The van der Waals surface area contributed by atoms with Crippen LogP contribution in [0.4, 0.5) is 0 Å². The number of rotatable bonds is 15. The molecule has 0 saturated heterocycles. The lowest BCUT2D eigenvalue weighted by Gasteiger charge is -2.06. The van der Waals surface area contributed by atoms with Gasteiger partial charge in [0.2, 0.25) is 0 Å². The quantitative estimate of drug-likeness (QED) is 0.154. The van der Waals surface area contributed by atoms with Gasteiger partial charge in [-0.1, -0.05) is 119 Å². The largest absolute Gasteiger partial charge is 0.294 e. The van der Waals surface area contributed by atoms with Crippen LogP contribution in [0.15, 0.2) is 78.9 Å². The second-order valence-corrected chi connectivity index (χ2v) is 9.89. The van der Waals surface area contributed by atoms with Gasteiger partial charge in [-0.15, -0.1) is 0 Å². The molecule has 3 rings (SSSR count). The van der Waals surface area contributed by atoms with Crippen LogP contribution < -0.4 is 0 Å². The van der Waals surface area contributed by atoms with Crippen molar-refractivity contribution in [1.29, 1.82) is 0 Å². The van der Waals surface area contributed by atoms with Gasteiger partial charge in [0.25, 0.3) is 0 Å². The average molecular weight is 499 g/mol. The van der Waals surface area contributed by atoms with Crippen molar-refractivity contribution < 1.29 is 9.59 Å². The molecule has 37 heavy (non-hydrogen) atoms. The minimum absolute atomic E-state index is 0.227. The molecule has 0 amide bonds. The summed E-state index contributed by atoms with van der Waals surface area (Å²) in [4.78, 5) is 24.9. The molecular weight excluding hydrogens is 452 g/mol. The summed E-state index contributed by atoms with van der Waals surface area (Å²) in [6, 6.07) is 26.5. The maximum atomic E-state index is 12.5. The van der Waals surface area contributed by atoms with E-state index in [1.54, 1.807) is 0 Å². The van der Waals surface area contributed by atoms with Crippen molar-refractivity contribution in [3.05, 3.63) is 107 Å². The van der Waals surface area contributed by atoms with Gasteiger partial charge in [-0.05, 0) is 61.6 Å². The van der Waals surface area contributed by atoms with Crippen LogP contribution in [-0.4, -0.2) is 11.6 Å². The summed E-state index contributed by atoms with van der Waals surface area (Å²) in [5.74, 6) is 0.455. The molecule has 3 aromatic carbocycles. The third-order valence-corrected chi connectivity index (χ3v) is 6.67. The second-order valence-electron chi connectivity index (χ2n) is 9.89. The van der Waals surface area contributed by atoms with Gasteiger partial charge in [0.15, 0.2) is 11.6 Å². The Hall–Kier alpha value is -3.00. The topological polar surface area (TPSA) is 34.1 Å². The summed E-state index contributed by atoms with van der Waals surface area (Å²) in [5, 5.41) is 0. The molecule has 0 bridgehead atoms. The van der Waals surface area contributed by atoms with Gasteiger partial charge < -0.3 is 0 Å². The first-order valence-electron chi connectivity index (χ1n) is 14.4. The molecular formula is C35H46O2. The molecule has 0 saturated carbocycles. The van der Waals surface area contributed by atoms with Crippen LogP contribution in [-0.2, 0) is 19.3 Å². The highest BCUT2D eigenvalue weighted by molar-refractivity contribution is 5.96. The number of hydrogen-bond acceptors (Lipinski definition) is 2. The Morgan fingerprint density at radius 2 is 0.865 bits per heavy atom. The maximum Gasteiger partial charge on any atom is 0.162 e. The number of aryl methyl sites for hydroxylation is 3. The van der Waals surface area contributed by atoms with Crippen molar-refractivity contribution in [2.75, 3.05) is 0 Å². The number of ketones is 2. The highest BCUT2D eigenvalue weighted by Gasteiger charge is 2.08. The van der Waals surface area contributed by atoms with Gasteiger partial charge in [-0.2, -0.15) is 0 Å². The summed E-state index contributed by atoms with van der Waals surface area (Å²) in [6.45, 7) is 6.53. The van der Waals surface area contributed by atoms with E-state index in [1.807, 2.05) is 30.3 Å². The number of carbonyl (C=O) groups excluding carboxylic acids is 2. The number of unbranched alkanes of at least 4 members (excludes halogenated alkanes) is 3. The van der Waals surface area contributed by atoms with Gasteiger partial charge in [0.1, 0.15) is 0 Å². The molecule has 0 atom stereocenters. The Labute approximate surface area is 225 Å². The van der Waals surface area contributed by atoms with E-state index in [2.05, 4.69) is 69.3 Å². The summed E-state index contributed by atoms with van der Waals surface area (Å²) in [6.07, 6.45) is 11.8. The molecule has 0 aliphatic rings. The minimum Gasteiger partial charge on any atom is -0.294 e. The summed E-state index contributed by atoms with van der Waals surface area (Å²) >= 11 is 0. The van der Waals surface area contributed by atoms with Crippen LogP contribution in [0.2, 0.25) is 0 Å². The van der Waals surface area contributed by atoms with Crippen LogP contribution in [0.3, 0.4) is 0 Å². The minimum atomic E-state index is 0.227. The third-order valence-electron chi connectivity index (χ3n) is 6.67. The average Bonchev–Trinajstić information content (AvgIpc) is 2.95. The fourth-order valence-electron chi connectivity index (χ4n) is 4.17. The van der Waals surface area contributed by atoms with Gasteiger partial charge in [0.05, 0.1) is 0 Å². The standard InChI is InChI=1S/C31H36O2.C4H10/c1-2-10-25-17-21-28(22-18-25)30(32)16-9-7-14-27-19-23-29(24-20-27)31(33)15-8-6-13-26-11-4-3-5-12-26;1-3-4-2/h3-5,11-12,17-24H,2,6-10,13-16H2,1H3;3-4H2,1-2H3. The lowest BCUT2D eigenvalue weighted by molar-refractivity contribution is 0.0971. The molecule has 0 aliphatic heterocycles. The predicted molar refractivity (Wildman–Crippen MR) is 158 cm³/mol. The Bertz CT molecular complexity index is 1020. The third kappa shape index (κ3) is 12.2. The van der Waals surface area contributed by atoms with Crippen molar-refractivity contribution in [1.82, 2.24) is 0 Å². The molecule has 0 spiro atoms. The second kappa shape index (κ2) is 18.3. The lowest BCUT2D eigenvalue weighted by atomic mass is 9.99. The Morgan fingerprint density at radius 1 is 0.459 bits per heavy atom. The van der Waals surface area contributed by atoms with Crippen molar-refractivity contribution in [2.45, 2.75) is 97.8 Å². The molecule has 3 aromatic rings. The molecule has 2 nitrogen and oxygen atoms in total. The van der Waals surface area contributed by atoms with Gasteiger partial charge >= 0.3 is 0 Å². The number of Topliss-reactive ketones (excluding diaryl/α,β-unsaturated/α-hetero) is 2. The van der Waals surface area contributed by atoms with E-state index in [1.165, 1.54) is 29.5 Å². The zero-order chi connectivity index (χ0) is 26.7. The van der Waals surface area contributed by atoms with E-state index in [4.69, 9.17) is 0 Å². The lowest BCUT2D eigenvalue weighted by Crippen LogP contribution is -2.01. The van der Waals surface area contributed by atoms with Crippen LogP contribution >= 0.6 is 0 Å². The summed E-state index contributed by atoms with van der Waals surface area (Å²) in [7, 11) is 0. The Kier molecular flexibility index (Phi) is 14.9. The highest BCUT2D eigenvalue weighted by atomic mass is 16.1. The van der Waals surface area contributed by atoms with Gasteiger partial charge in [0, 0.05) is 24.0 Å². The normalized spacial score (nSPS) is 10.5. The molecule has 0 aromatic heterocycles. The molecule has 198 valence electrons. The van der Waals surface area contributed by atoms with Crippen LogP contribution in [0.25, 0.3) is 0 Å². The first kappa shape index (κ1) is 30.2. The first-order valence-corrected chi connectivity index (χ1v) is 14.4. The maximum absolute atomic E-state index is 12.5. The van der Waals surface area contributed by atoms with E-state index in [0.29, 0.717) is 12.8 Å². The van der Waals surface area contributed by atoms with Crippen LogP contribution in [0, 0.1) is 0 Å². The predicted octanol–water partition coefficient (Wildman–Crippen LogP) is 9.64. The number of hydrogen-bond donors (Lipinski definition) is 0. The molecule has 0 fully saturated rings. The van der Waals surface area contributed by atoms with Crippen molar-refractivity contribution in [3.63, 3.8) is 0 Å². The summed E-state index contributed by atoms with van der Waals surface area (Å²) in [5.41, 5.74) is 5.48. The zero-order valence-electron chi connectivity index (χ0n) is 23.3. The fraction of sp³-hybridized carbons (Fsp3) is 0.429. The first-order chi connectivity index (χ1) is 18.1.